The quantitative estimate of drug-likeness (QED) is 0.666. The molecule has 0 bridgehead atoms. The van der Waals surface area contributed by atoms with Crippen LogP contribution in [0.2, 0.25) is 5.02 Å². The summed E-state index contributed by atoms with van der Waals surface area (Å²) >= 11 is 5.93. The maximum atomic E-state index is 10.6. The van der Waals surface area contributed by atoms with Crippen molar-refractivity contribution >= 4 is 17.3 Å². The fourth-order valence-corrected chi connectivity index (χ4v) is 2.13. The van der Waals surface area contributed by atoms with Crippen LogP contribution in [0.15, 0.2) is 48.5 Å². The van der Waals surface area contributed by atoms with Gasteiger partial charge in [0.25, 0.3) is 5.69 Å². The highest BCUT2D eigenvalue weighted by atomic mass is 35.5. The molecule has 20 heavy (non-hydrogen) atoms. The van der Waals surface area contributed by atoms with Crippen LogP contribution in [0.25, 0.3) is 0 Å². The Kier molecular flexibility index (Phi) is 4.71. The summed E-state index contributed by atoms with van der Waals surface area (Å²) in [6.45, 7) is 2.71. The lowest BCUT2D eigenvalue weighted by Gasteiger charge is -2.14. The predicted octanol–water partition coefficient (Wildman–Crippen LogP) is 4.10. The lowest BCUT2D eigenvalue weighted by Crippen LogP contribution is -2.18. The van der Waals surface area contributed by atoms with Gasteiger partial charge in [-0.25, -0.2) is 0 Å². The Balaban J connectivity index is 1.97. The zero-order valence-electron chi connectivity index (χ0n) is 11.0. The van der Waals surface area contributed by atoms with Gasteiger partial charge in [-0.05, 0) is 30.2 Å². The second kappa shape index (κ2) is 6.50. The summed E-state index contributed by atoms with van der Waals surface area (Å²) < 4.78 is 0. The molecule has 0 aliphatic carbocycles. The summed E-state index contributed by atoms with van der Waals surface area (Å²) in [5.41, 5.74) is 2.22. The van der Waals surface area contributed by atoms with E-state index in [9.17, 15) is 10.1 Å². The van der Waals surface area contributed by atoms with Crippen LogP contribution in [0.1, 0.15) is 24.1 Å². The molecule has 0 amide bonds. The molecule has 0 aliphatic rings. The van der Waals surface area contributed by atoms with Crippen molar-refractivity contribution < 1.29 is 4.92 Å². The third kappa shape index (κ3) is 3.79. The monoisotopic (exact) mass is 290 g/mol. The van der Waals surface area contributed by atoms with Gasteiger partial charge in [0.15, 0.2) is 0 Å². The van der Waals surface area contributed by atoms with Crippen molar-refractivity contribution in [3.05, 3.63) is 74.8 Å². The van der Waals surface area contributed by atoms with Crippen LogP contribution < -0.4 is 5.32 Å². The van der Waals surface area contributed by atoms with Gasteiger partial charge in [-0.3, -0.25) is 10.1 Å². The minimum atomic E-state index is -0.395. The third-order valence-electron chi connectivity index (χ3n) is 3.11. The molecule has 2 rings (SSSR count). The second-order valence-corrected chi connectivity index (χ2v) is 5.02. The van der Waals surface area contributed by atoms with Gasteiger partial charge in [0.1, 0.15) is 0 Å². The average molecular weight is 291 g/mol. The van der Waals surface area contributed by atoms with Crippen molar-refractivity contribution in [2.45, 2.75) is 19.5 Å². The summed E-state index contributed by atoms with van der Waals surface area (Å²) in [5, 5.41) is 14.7. The Hall–Kier alpha value is -1.91. The number of rotatable bonds is 5. The van der Waals surface area contributed by atoms with Gasteiger partial charge in [-0.1, -0.05) is 35.9 Å². The molecule has 0 aromatic heterocycles. The van der Waals surface area contributed by atoms with E-state index >= 15 is 0 Å². The standard InChI is InChI=1S/C15H15ClN2O2/c1-11(13-5-7-15(8-6-13)18(19)20)17-10-12-3-2-4-14(16)9-12/h2-9,11,17H,10H2,1H3. The minimum absolute atomic E-state index is 0.106. The maximum absolute atomic E-state index is 10.6. The first-order chi connectivity index (χ1) is 9.56. The zero-order valence-corrected chi connectivity index (χ0v) is 11.8. The van der Waals surface area contributed by atoms with Crippen molar-refractivity contribution in [2.24, 2.45) is 0 Å². The first kappa shape index (κ1) is 14.5. The Morgan fingerprint density at radius 3 is 2.55 bits per heavy atom. The molecule has 2 aromatic carbocycles. The van der Waals surface area contributed by atoms with E-state index in [1.54, 1.807) is 12.1 Å². The Bertz CT molecular complexity index is 599. The molecular formula is C15H15ClN2O2. The predicted molar refractivity (Wildman–Crippen MR) is 79.8 cm³/mol. The van der Waals surface area contributed by atoms with Crippen LogP contribution in [0.3, 0.4) is 0 Å². The van der Waals surface area contributed by atoms with E-state index in [0.29, 0.717) is 11.6 Å². The number of halogens is 1. The van der Waals surface area contributed by atoms with E-state index in [0.717, 1.165) is 11.1 Å². The third-order valence-corrected chi connectivity index (χ3v) is 3.34. The highest BCUT2D eigenvalue weighted by Crippen LogP contribution is 2.18. The highest BCUT2D eigenvalue weighted by molar-refractivity contribution is 6.30. The van der Waals surface area contributed by atoms with Crippen molar-refractivity contribution in [3.63, 3.8) is 0 Å². The van der Waals surface area contributed by atoms with Crippen LogP contribution in [0.5, 0.6) is 0 Å². The molecule has 2 aromatic rings. The van der Waals surface area contributed by atoms with Crippen molar-refractivity contribution in [2.75, 3.05) is 0 Å². The van der Waals surface area contributed by atoms with Gasteiger partial charge in [0.05, 0.1) is 4.92 Å². The molecule has 104 valence electrons. The molecule has 5 heteroatoms. The highest BCUT2D eigenvalue weighted by Gasteiger charge is 2.08. The summed E-state index contributed by atoms with van der Waals surface area (Å²) in [5.74, 6) is 0. The van der Waals surface area contributed by atoms with Gasteiger partial charge < -0.3 is 5.32 Å². The number of nitrogens with zero attached hydrogens (tertiary/aromatic N) is 1. The summed E-state index contributed by atoms with van der Waals surface area (Å²) in [6.07, 6.45) is 0. The molecule has 0 aliphatic heterocycles. The van der Waals surface area contributed by atoms with Gasteiger partial charge in [0.2, 0.25) is 0 Å². The molecular weight excluding hydrogens is 276 g/mol. The molecule has 1 N–H and O–H groups in total. The van der Waals surface area contributed by atoms with Gasteiger partial charge in [0, 0.05) is 29.7 Å². The molecule has 0 radical (unpaired) electrons. The molecule has 0 fully saturated rings. The fourth-order valence-electron chi connectivity index (χ4n) is 1.92. The van der Waals surface area contributed by atoms with Crippen LogP contribution in [-0.4, -0.2) is 4.92 Å². The zero-order chi connectivity index (χ0) is 14.5. The topological polar surface area (TPSA) is 55.2 Å². The van der Waals surface area contributed by atoms with E-state index < -0.39 is 4.92 Å². The molecule has 4 nitrogen and oxygen atoms in total. The Morgan fingerprint density at radius 1 is 1.25 bits per heavy atom. The van der Waals surface area contributed by atoms with Crippen molar-refractivity contribution in [1.29, 1.82) is 0 Å². The number of non-ortho nitro benzene ring substituents is 1. The van der Waals surface area contributed by atoms with Gasteiger partial charge in [-0.15, -0.1) is 0 Å². The summed E-state index contributed by atoms with van der Waals surface area (Å²) in [6, 6.07) is 14.4. The number of nitro benzene ring substituents is 1. The SMILES string of the molecule is CC(NCc1cccc(Cl)c1)c1ccc([N+](=O)[O-])cc1. The Labute approximate surface area is 122 Å². The summed E-state index contributed by atoms with van der Waals surface area (Å²) in [7, 11) is 0. The lowest BCUT2D eigenvalue weighted by atomic mass is 10.1. The van der Waals surface area contributed by atoms with Gasteiger partial charge in [-0.2, -0.15) is 0 Å². The normalized spacial score (nSPS) is 12.1. The minimum Gasteiger partial charge on any atom is -0.306 e. The van der Waals surface area contributed by atoms with Crippen LogP contribution in [0, 0.1) is 10.1 Å². The van der Waals surface area contributed by atoms with E-state index in [-0.39, 0.29) is 11.7 Å². The largest absolute Gasteiger partial charge is 0.306 e. The molecule has 1 atom stereocenters. The first-order valence-corrected chi connectivity index (χ1v) is 6.66. The average Bonchev–Trinajstić information content (AvgIpc) is 2.45. The smallest absolute Gasteiger partial charge is 0.269 e. The van der Waals surface area contributed by atoms with Crippen molar-refractivity contribution in [3.8, 4) is 0 Å². The summed E-state index contributed by atoms with van der Waals surface area (Å²) in [4.78, 5) is 10.2. The molecule has 0 saturated carbocycles. The van der Waals surface area contributed by atoms with Crippen LogP contribution in [0.4, 0.5) is 5.69 Å². The van der Waals surface area contributed by atoms with Crippen molar-refractivity contribution in [1.82, 2.24) is 5.32 Å². The van der Waals surface area contributed by atoms with E-state index in [2.05, 4.69) is 5.32 Å². The number of hydrogen-bond donors (Lipinski definition) is 1. The number of nitrogens with one attached hydrogen (secondary N) is 1. The van der Waals surface area contributed by atoms with E-state index in [4.69, 9.17) is 11.6 Å². The van der Waals surface area contributed by atoms with E-state index in [1.165, 1.54) is 12.1 Å². The molecule has 0 saturated heterocycles. The molecule has 0 heterocycles. The fraction of sp³-hybridized carbons (Fsp3) is 0.200. The second-order valence-electron chi connectivity index (χ2n) is 4.58. The maximum Gasteiger partial charge on any atom is 0.269 e. The Morgan fingerprint density at radius 2 is 1.95 bits per heavy atom. The lowest BCUT2D eigenvalue weighted by molar-refractivity contribution is -0.384. The number of benzene rings is 2. The first-order valence-electron chi connectivity index (χ1n) is 6.28. The van der Waals surface area contributed by atoms with Gasteiger partial charge >= 0.3 is 0 Å². The number of nitro groups is 1. The van der Waals surface area contributed by atoms with Crippen LogP contribution >= 0.6 is 11.6 Å². The van der Waals surface area contributed by atoms with E-state index in [1.807, 2.05) is 31.2 Å². The molecule has 0 spiro atoms. The number of hydrogen-bond acceptors (Lipinski definition) is 3. The van der Waals surface area contributed by atoms with Crippen LogP contribution in [-0.2, 0) is 6.54 Å². The molecule has 1 unspecified atom stereocenters.